The Morgan fingerprint density at radius 2 is 1.76 bits per heavy atom. The fraction of sp³-hybridized carbons (Fsp3) is 0.185. The largest absolute Gasteiger partial charge is 0.493 e. The minimum atomic E-state index is -0.0508. The highest BCUT2D eigenvalue weighted by Crippen LogP contribution is 2.36. The Morgan fingerprint density at radius 1 is 1.03 bits per heavy atom. The van der Waals surface area contributed by atoms with E-state index in [9.17, 15) is 4.79 Å². The van der Waals surface area contributed by atoms with E-state index in [2.05, 4.69) is 12.1 Å². The van der Waals surface area contributed by atoms with Crippen molar-refractivity contribution in [3.05, 3.63) is 99.9 Å². The number of carbonyl (C=O) groups is 1. The van der Waals surface area contributed by atoms with Crippen LogP contribution in [0.4, 0.5) is 5.69 Å². The SMILES string of the molecule is CCOc1ccc(Cl)cc1/C=C1\SC(=Nc2ccccc2)N(CCCc2ccccc2)C1=O. The molecule has 0 atom stereocenters. The highest BCUT2D eigenvalue weighted by Gasteiger charge is 2.33. The topological polar surface area (TPSA) is 41.9 Å². The maximum absolute atomic E-state index is 13.4. The molecule has 0 aromatic heterocycles. The van der Waals surface area contributed by atoms with Crippen LogP contribution in [0.2, 0.25) is 5.02 Å². The molecule has 0 saturated carbocycles. The van der Waals surface area contributed by atoms with Gasteiger partial charge in [0, 0.05) is 17.1 Å². The van der Waals surface area contributed by atoms with E-state index < -0.39 is 0 Å². The number of carbonyl (C=O) groups excluding carboxylic acids is 1. The van der Waals surface area contributed by atoms with Crippen molar-refractivity contribution in [1.82, 2.24) is 4.90 Å². The highest BCUT2D eigenvalue weighted by molar-refractivity contribution is 8.18. The van der Waals surface area contributed by atoms with E-state index in [0.717, 1.165) is 24.1 Å². The smallest absolute Gasteiger partial charge is 0.266 e. The van der Waals surface area contributed by atoms with Gasteiger partial charge >= 0.3 is 0 Å². The summed E-state index contributed by atoms with van der Waals surface area (Å²) in [5.74, 6) is 0.650. The number of aryl methyl sites for hydroxylation is 1. The first-order valence-corrected chi connectivity index (χ1v) is 12.1. The first-order chi connectivity index (χ1) is 16.1. The lowest BCUT2D eigenvalue weighted by Crippen LogP contribution is -2.30. The molecule has 0 unspecified atom stereocenters. The van der Waals surface area contributed by atoms with E-state index in [-0.39, 0.29) is 5.91 Å². The molecule has 1 saturated heterocycles. The van der Waals surface area contributed by atoms with Gasteiger partial charge in [-0.15, -0.1) is 0 Å². The van der Waals surface area contributed by atoms with E-state index in [0.29, 0.717) is 34.0 Å². The van der Waals surface area contributed by atoms with Crippen LogP contribution in [0.1, 0.15) is 24.5 Å². The molecule has 3 aromatic rings. The summed E-state index contributed by atoms with van der Waals surface area (Å²) in [5, 5.41) is 1.28. The molecule has 1 amide bonds. The number of rotatable bonds is 8. The molecule has 4 rings (SSSR count). The van der Waals surface area contributed by atoms with E-state index in [1.165, 1.54) is 17.3 Å². The van der Waals surface area contributed by atoms with E-state index in [1.54, 1.807) is 11.0 Å². The molecule has 0 radical (unpaired) electrons. The van der Waals surface area contributed by atoms with Crippen molar-refractivity contribution in [2.45, 2.75) is 19.8 Å². The van der Waals surface area contributed by atoms with Crippen LogP contribution in [0.15, 0.2) is 88.8 Å². The predicted molar refractivity (Wildman–Crippen MR) is 138 cm³/mol. The molecule has 4 nitrogen and oxygen atoms in total. The first kappa shape index (κ1) is 23.1. The van der Waals surface area contributed by atoms with Gasteiger partial charge in [0.1, 0.15) is 5.75 Å². The van der Waals surface area contributed by atoms with Crippen LogP contribution in [0, 0.1) is 0 Å². The summed E-state index contributed by atoms with van der Waals surface area (Å²) in [6.07, 6.45) is 3.59. The molecule has 0 spiro atoms. The standard InChI is InChI=1S/C27H25ClN2O2S/c1-2-32-24-16-15-22(28)18-21(24)19-25-26(31)30(17-9-12-20-10-5-3-6-11-20)27(33-25)29-23-13-7-4-8-14-23/h3-8,10-11,13-16,18-19H,2,9,12,17H2,1H3/b25-19-,29-27?. The summed E-state index contributed by atoms with van der Waals surface area (Å²) < 4.78 is 5.73. The lowest BCUT2D eigenvalue weighted by Gasteiger charge is -2.15. The number of para-hydroxylation sites is 1. The second kappa shape index (κ2) is 11.2. The maximum Gasteiger partial charge on any atom is 0.266 e. The average molecular weight is 477 g/mol. The van der Waals surface area contributed by atoms with Crippen LogP contribution in [0.5, 0.6) is 5.75 Å². The number of amidine groups is 1. The Balaban J connectivity index is 1.61. The second-order valence-electron chi connectivity index (χ2n) is 7.50. The summed E-state index contributed by atoms with van der Waals surface area (Å²) in [5.41, 5.74) is 2.86. The van der Waals surface area contributed by atoms with E-state index in [4.69, 9.17) is 21.3 Å². The first-order valence-electron chi connectivity index (χ1n) is 11.0. The van der Waals surface area contributed by atoms with Crippen molar-refractivity contribution in [1.29, 1.82) is 0 Å². The number of amides is 1. The molecule has 1 fully saturated rings. The van der Waals surface area contributed by atoms with Crippen molar-refractivity contribution in [3.8, 4) is 5.75 Å². The van der Waals surface area contributed by atoms with Crippen LogP contribution in [-0.4, -0.2) is 29.1 Å². The van der Waals surface area contributed by atoms with Gasteiger partial charge in [0.2, 0.25) is 0 Å². The third kappa shape index (κ3) is 6.06. The minimum absolute atomic E-state index is 0.0508. The van der Waals surface area contributed by atoms with Crippen LogP contribution in [0.25, 0.3) is 6.08 Å². The lowest BCUT2D eigenvalue weighted by molar-refractivity contribution is -0.122. The fourth-order valence-electron chi connectivity index (χ4n) is 3.55. The number of nitrogens with zero attached hydrogens (tertiary/aromatic N) is 2. The van der Waals surface area contributed by atoms with Crippen LogP contribution < -0.4 is 4.74 Å². The van der Waals surface area contributed by atoms with Crippen molar-refractivity contribution in [2.24, 2.45) is 4.99 Å². The van der Waals surface area contributed by atoms with Gasteiger partial charge in [0.05, 0.1) is 17.2 Å². The summed E-state index contributed by atoms with van der Waals surface area (Å²) in [6.45, 7) is 3.06. The van der Waals surface area contributed by atoms with Crippen molar-refractivity contribution in [2.75, 3.05) is 13.2 Å². The van der Waals surface area contributed by atoms with Crippen molar-refractivity contribution in [3.63, 3.8) is 0 Å². The third-order valence-electron chi connectivity index (χ3n) is 5.12. The molecule has 0 N–H and O–H groups in total. The van der Waals surface area contributed by atoms with Gasteiger partial charge in [-0.2, -0.15) is 0 Å². The Morgan fingerprint density at radius 3 is 2.48 bits per heavy atom. The number of hydrogen-bond acceptors (Lipinski definition) is 4. The number of ether oxygens (including phenoxy) is 1. The molecule has 3 aromatic carbocycles. The van der Waals surface area contributed by atoms with E-state index in [1.807, 2.05) is 73.7 Å². The summed E-state index contributed by atoms with van der Waals surface area (Å²) in [7, 11) is 0. The number of halogens is 1. The zero-order chi connectivity index (χ0) is 23.0. The zero-order valence-electron chi connectivity index (χ0n) is 18.4. The molecule has 33 heavy (non-hydrogen) atoms. The number of benzene rings is 3. The average Bonchev–Trinajstić information content (AvgIpc) is 3.11. The fourth-order valence-corrected chi connectivity index (χ4v) is 4.74. The maximum atomic E-state index is 13.4. The van der Waals surface area contributed by atoms with Crippen molar-refractivity contribution < 1.29 is 9.53 Å². The number of hydrogen-bond donors (Lipinski definition) is 0. The molecule has 1 heterocycles. The van der Waals surface area contributed by atoms with Gasteiger partial charge in [-0.3, -0.25) is 9.69 Å². The van der Waals surface area contributed by atoms with Crippen molar-refractivity contribution >= 4 is 46.2 Å². The third-order valence-corrected chi connectivity index (χ3v) is 6.36. The molecule has 6 heteroatoms. The minimum Gasteiger partial charge on any atom is -0.493 e. The van der Waals surface area contributed by atoms with Gasteiger partial charge < -0.3 is 4.74 Å². The monoisotopic (exact) mass is 476 g/mol. The molecule has 1 aliphatic rings. The number of aliphatic imine (C=N–C) groups is 1. The Hall–Kier alpha value is -3.02. The predicted octanol–water partition coefficient (Wildman–Crippen LogP) is 6.98. The second-order valence-corrected chi connectivity index (χ2v) is 8.95. The zero-order valence-corrected chi connectivity index (χ0v) is 20.0. The summed E-state index contributed by atoms with van der Waals surface area (Å²) in [6, 6.07) is 25.5. The van der Waals surface area contributed by atoms with E-state index >= 15 is 0 Å². The number of thioether (sulfide) groups is 1. The lowest BCUT2D eigenvalue weighted by atomic mass is 10.1. The Labute approximate surface area is 203 Å². The highest BCUT2D eigenvalue weighted by atomic mass is 35.5. The summed E-state index contributed by atoms with van der Waals surface area (Å²) in [4.78, 5) is 20.5. The Bertz CT molecular complexity index is 1160. The molecule has 0 aliphatic carbocycles. The molecule has 168 valence electrons. The molecular formula is C27H25ClN2O2S. The van der Waals surface area contributed by atoms with Gasteiger partial charge in [0.25, 0.3) is 5.91 Å². The normalized spacial score (nSPS) is 16.1. The molecular weight excluding hydrogens is 452 g/mol. The van der Waals surface area contributed by atoms with Crippen LogP contribution in [0.3, 0.4) is 0 Å². The molecule has 1 aliphatic heterocycles. The molecule has 0 bridgehead atoms. The van der Waals surface area contributed by atoms with Gasteiger partial charge in [-0.25, -0.2) is 4.99 Å². The Kier molecular flexibility index (Phi) is 7.87. The van der Waals surface area contributed by atoms with Gasteiger partial charge in [-0.05, 0) is 73.5 Å². The van der Waals surface area contributed by atoms with Gasteiger partial charge in [0.15, 0.2) is 5.17 Å². The van der Waals surface area contributed by atoms with Gasteiger partial charge in [-0.1, -0.05) is 60.1 Å². The van der Waals surface area contributed by atoms with Crippen LogP contribution in [-0.2, 0) is 11.2 Å². The summed E-state index contributed by atoms with van der Waals surface area (Å²) >= 11 is 7.60. The quantitative estimate of drug-likeness (QED) is 0.329. The van der Waals surface area contributed by atoms with Crippen LogP contribution >= 0.6 is 23.4 Å².